The Morgan fingerprint density at radius 3 is 2.95 bits per heavy atom. The summed E-state index contributed by atoms with van der Waals surface area (Å²) in [7, 11) is 0. The Bertz CT molecular complexity index is 647. The van der Waals surface area contributed by atoms with Gasteiger partial charge in [0.1, 0.15) is 0 Å². The number of aromatic nitrogens is 1. The molecule has 0 aliphatic carbocycles. The summed E-state index contributed by atoms with van der Waals surface area (Å²) < 4.78 is 0. The monoisotopic (exact) mass is 282 g/mol. The molecule has 1 aromatic carbocycles. The molecule has 108 valence electrons. The fraction of sp³-hybridized carbons (Fsp3) is 0.235. The van der Waals surface area contributed by atoms with Gasteiger partial charge < -0.3 is 15.0 Å². The van der Waals surface area contributed by atoms with Gasteiger partial charge in [-0.1, -0.05) is 24.3 Å². The van der Waals surface area contributed by atoms with Crippen molar-refractivity contribution in [3.05, 3.63) is 65.5 Å². The average Bonchev–Trinajstić information content (AvgIpc) is 2.96. The normalized spacial score (nSPS) is 18.5. The fourth-order valence-electron chi connectivity index (χ4n) is 2.62. The van der Waals surface area contributed by atoms with Crippen LogP contribution in [0.2, 0.25) is 0 Å². The van der Waals surface area contributed by atoms with Gasteiger partial charge in [0.25, 0.3) is 0 Å². The molecule has 1 atom stereocenters. The first-order chi connectivity index (χ1) is 10.2. The van der Waals surface area contributed by atoms with Gasteiger partial charge in [-0.15, -0.1) is 0 Å². The first-order valence-electron chi connectivity index (χ1n) is 7.10. The van der Waals surface area contributed by atoms with E-state index in [1.165, 1.54) is 0 Å². The third-order valence-electron chi connectivity index (χ3n) is 3.79. The van der Waals surface area contributed by atoms with E-state index in [4.69, 9.17) is 0 Å². The number of carbonyl (C=O) groups excluding carboxylic acids is 1. The minimum atomic E-state index is -0.494. The van der Waals surface area contributed by atoms with Crippen LogP contribution in [0.5, 0.6) is 0 Å². The number of benzene rings is 1. The third kappa shape index (κ3) is 3.06. The second kappa shape index (κ2) is 5.97. The maximum Gasteiger partial charge on any atom is 0.246 e. The average molecular weight is 282 g/mol. The Morgan fingerprint density at radius 2 is 2.14 bits per heavy atom. The summed E-state index contributed by atoms with van der Waals surface area (Å²) in [6.45, 7) is 1.10. The summed E-state index contributed by atoms with van der Waals surface area (Å²) in [4.78, 5) is 17.1. The van der Waals surface area contributed by atoms with Crippen molar-refractivity contribution in [2.45, 2.75) is 19.1 Å². The van der Waals surface area contributed by atoms with Crippen LogP contribution >= 0.6 is 0 Å². The van der Waals surface area contributed by atoms with Gasteiger partial charge >= 0.3 is 0 Å². The van der Waals surface area contributed by atoms with Gasteiger partial charge in [-0.3, -0.25) is 4.79 Å². The number of carbonyl (C=O) groups is 1. The molecule has 4 heteroatoms. The highest BCUT2D eigenvalue weighted by molar-refractivity contribution is 5.91. The topological polar surface area (TPSA) is 56.3 Å². The fourth-order valence-corrected chi connectivity index (χ4v) is 2.62. The molecular weight excluding hydrogens is 264 g/mol. The molecule has 3 rings (SSSR count). The second-order valence-corrected chi connectivity index (χ2v) is 5.22. The minimum Gasteiger partial charge on any atom is -0.388 e. The van der Waals surface area contributed by atoms with Crippen molar-refractivity contribution < 1.29 is 9.90 Å². The summed E-state index contributed by atoms with van der Waals surface area (Å²) in [5, 5.41) is 10.2. The molecule has 2 aromatic rings. The number of hydrogen-bond acceptors (Lipinski definition) is 2. The first-order valence-corrected chi connectivity index (χ1v) is 7.10. The smallest absolute Gasteiger partial charge is 0.246 e. The van der Waals surface area contributed by atoms with Crippen molar-refractivity contribution in [1.29, 1.82) is 0 Å². The zero-order chi connectivity index (χ0) is 14.7. The molecule has 1 aromatic heterocycles. The van der Waals surface area contributed by atoms with Crippen LogP contribution in [0.1, 0.15) is 29.3 Å². The number of aliphatic hydroxyl groups excluding tert-OH is 1. The lowest BCUT2D eigenvalue weighted by molar-refractivity contribution is -0.126. The van der Waals surface area contributed by atoms with Crippen molar-refractivity contribution in [1.82, 2.24) is 9.88 Å². The highest BCUT2D eigenvalue weighted by atomic mass is 16.3. The lowest BCUT2D eigenvalue weighted by atomic mass is 10.0. The van der Waals surface area contributed by atoms with Gasteiger partial charge in [0.15, 0.2) is 0 Å². The second-order valence-electron chi connectivity index (χ2n) is 5.22. The van der Waals surface area contributed by atoms with Crippen molar-refractivity contribution >= 4 is 12.0 Å². The SMILES string of the molecule is O=C(/C=C/c1ccc[nH]1)N1CCC(O)c2ccccc2C1. The lowest BCUT2D eigenvalue weighted by Gasteiger charge is -2.18. The number of nitrogens with zero attached hydrogens (tertiary/aromatic N) is 1. The van der Waals surface area contributed by atoms with Gasteiger partial charge in [-0.25, -0.2) is 0 Å². The van der Waals surface area contributed by atoms with E-state index < -0.39 is 6.10 Å². The number of aliphatic hydroxyl groups is 1. The minimum absolute atomic E-state index is 0.0338. The van der Waals surface area contributed by atoms with Gasteiger partial charge in [-0.2, -0.15) is 0 Å². The Morgan fingerprint density at radius 1 is 1.29 bits per heavy atom. The number of fused-ring (bicyclic) bond motifs is 1. The molecule has 1 unspecified atom stereocenters. The van der Waals surface area contributed by atoms with Crippen LogP contribution in [0.25, 0.3) is 6.08 Å². The van der Waals surface area contributed by atoms with Crippen molar-refractivity contribution in [3.8, 4) is 0 Å². The van der Waals surface area contributed by atoms with E-state index in [9.17, 15) is 9.90 Å². The number of aromatic amines is 1. The van der Waals surface area contributed by atoms with Crippen LogP contribution in [0.15, 0.2) is 48.7 Å². The molecule has 0 radical (unpaired) electrons. The molecular formula is C17H18N2O2. The summed E-state index contributed by atoms with van der Waals surface area (Å²) in [6.07, 6.45) is 5.25. The highest BCUT2D eigenvalue weighted by Crippen LogP contribution is 2.26. The first kappa shape index (κ1) is 13.6. The van der Waals surface area contributed by atoms with Gasteiger partial charge in [0.05, 0.1) is 6.10 Å². The van der Waals surface area contributed by atoms with E-state index in [1.807, 2.05) is 42.6 Å². The van der Waals surface area contributed by atoms with Crippen LogP contribution in [0.3, 0.4) is 0 Å². The molecule has 0 fully saturated rings. The van der Waals surface area contributed by atoms with E-state index in [0.717, 1.165) is 16.8 Å². The van der Waals surface area contributed by atoms with Crippen molar-refractivity contribution in [3.63, 3.8) is 0 Å². The molecule has 1 aliphatic heterocycles. The molecule has 2 heterocycles. The maximum atomic E-state index is 12.3. The number of amides is 1. The van der Waals surface area contributed by atoms with Crippen LogP contribution in [0.4, 0.5) is 0 Å². The molecule has 4 nitrogen and oxygen atoms in total. The molecule has 2 N–H and O–H groups in total. The van der Waals surface area contributed by atoms with E-state index in [1.54, 1.807) is 17.1 Å². The largest absolute Gasteiger partial charge is 0.388 e. The summed E-state index contributed by atoms with van der Waals surface area (Å²) in [6, 6.07) is 11.6. The molecule has 1 aliphatic rings. The van der Waals surface area contributed by atoms with Gasteiger partial charge in [-0.05, 0) is 35.8 Å². The molecule has 1 amide bonds. The van der Waals surface area contributed by atoms with E-state index >= 15 is 0 Å². The number of nitrogens with one attached hydrogen (secondary N) is 1. The number of H-pyrrole nitrogens is 1. The van der Waals surface area contributed by atoms with E-state index in [-0.39, 0.29) is 5.91 Å². The number of rotatable bonds is 2. The molecule has 21 heavy (non-hydrogen) atoms. The Kier molecular flexibility index (Phi) is 3.88. The summed E-state index contributed by atoms with van der Waals surface area (Å²) in [5.74, 6) is -0.0338. The van der Waals surface area contributed by atoms with Gasteiger partial charge in [0.2, 0.25) is 5.91 Å². The lowest BCUT2D eigenvalue weighted by Crippen LogP contribution is -2.29. The van der Waals surface area contributed by atoms with E-state index in [0.29, 0.717) is 19.5 Å². The van der Waals surface area contributed by atoms with Gasteiger partial charge in [0, 0.05) is 31.1 Å². The zero-order valence-corrected chi connectivity index (χ0v) is 11.7. The predicted octanol–water partition coefficient (Wildman–Crippen LogP) is 2.49. The highest BCUT2D eigenvalue weighted by Gasteiger charge is 2.22. The van der Waals surface area contributed by atoms with E-state index in [2.05, 4.69) is 4.98 Å². The quantitative estimate of drug-likeness (QED) is 0.831. The summed E-state index contributed by atoms with van der Waals surface area (Å²) >= 11 is 0. The molecule has 0 saturated heterocycles. The maximum absolute atomic E-state index is 12.3. The summed E-state index contributed by atoms with van der Waals surface area (Å²) in [5.41, 5.74) is 2.85. The molecule has 0 bridgehead atoms. The van der Waals surface area contributed by atoms with Crippen LogP contribution in [0, 0.1) is 0 Å². The standard InChI is InChI=1S/C17H18N2O2/c20-16-9-11-19(12-13-4-1-2-6-15(13)16)17(21)8-7-14-5-3-10-18-14/h1-8,10,16,18,20H,9,11-12H2/b8-7+. The Hall–Kier alpha value is -2.33. The Labute approximate surface area is 123 Å². The third-order valence-corrected chi connectivity index (χ3v) is 3.79. The number of hydrogen-bond donors (Lipinski definition) is 2. The Balaban J connectivity index is 1.76. The van der Waals surface area contributed by atoms with Crippen LogP contribution in [-0.2, 0) is 11.3 Å². The van der Waals surface area contributed by atoms with Crippen LogP contribution < -0.4 is 0 Å². The predicted molar refractivity (Wildman–Crippen MR) is 81.3 cm³/mol. The molecule has 0 spiro atoms. The van der Waals surface area contributed by atoms with Crippen molar-refractivity contribution in [2.24, 2.45) is 0 Å². The van der Waals surface area contributed by atoms with Crippen LogP contribution in [-0.4, -0.2) is 27.4 Å². The zero-order valence-electron chi connectivity index (χ0n) is 11.7. The molecule has 0 saturated carbocycles. The van der Waals surface area contributed by atoms with Crippen molar-refractivity contribution in [2.75, 3.05) is 6.54 Å².